The molecule has 1 fully saturated rings. The predicted molar refractivity (Wildman–Crippen MR) is 66.2 cm³/mol. The van der Waals surface area contributed by atoms with E-state index < -0.39 is 6.10 Å². The molecule has 0 amide bonds. The average molecular weight is 237 g/mol. The molecule has 1 aromatic rings. The van der Waals surface area contributed by atoms with Gasteiger partial charge < -0.3 is 10.4 Å². The Morgan fingerprint density at radius 3 is 2.53 bits per heavy atom. The zero-order valence-corrected chi connectivity index (χ0v) is 10.0. The summed E-state index contributed by atoms with van der Waals surface area (Å²) in [6.45, 7) is 1.53. The van der Waals surface area contributed by atoms with Gasteiger partial charge in [0.15, 0.2) is 0 Å². The van der Waals surface area contributed by atoms with E-state index in [9.17, 15) is 9.50 Å². The predicted octanol–water partition coefficient (Wildman–Crippen LogP) is 2.64. The first-order chi connectivity index (χ1) is 8.25. The fraction of sp³-hybridized carbons (Fsp3) is 0.571. The van der Waals surface area contributed by atoms with Gasteiger partial charge in [0.1, 0.15) is 5.82 Å². The lowest BCUT2D eigenvalue weighted by Crippen LogP contribution is -2.26. The maximum Gasteiger partial charge on any atom is 0.123 e. The maximum absolute atomic E-state index is 12.7. The second-order valence-corrected chi connectivity index (χ2v) is 4.88. The highest BCUT2D eigenvalue weighted by molar-refractivity contribution is 5.18. The zero-order valence-electron chi connectivity index (χ0n) is 10.0. The molecule has 1 aliphatic carbocycles. The molecular weight excluding hydrogens is 217 g/mol. The Kier molecular flexibility index (Phi) is 4.51. The van der Waals surface area contributed by atoms with Crippen molar-refractivity contribution in [2.45, 2.75) is 31.8 Å². The fourth-order valence-corrected chi connectivity index (χ4v) is 2.44. The summed E-state index contributed by atoms with van der Waals surface area (Å²) in [6, 6.07) is 6.04. The van der Waals surface area contributed by atoms with Gasteiger partial charge in [0.25, 0.3) is 0 Å². The van der Waals surface area contributed by atoms with Crippen molar-refractivity contribution in [3.05, 3.63) is 35.6 Å². The van der Waals surface area contributed by atoms with Gasteiger partial charge in [-0.25, -0.2) is 4.39 Å². The minimum Gasteiger partial charge on any atom is -0.387 e. The van der Waals surface area contributed by atoms with E-state index >= 15 is 0 Å². The van der Waals surface area contributed by atoms with Crippen molar-refractivity contribution in [2.75, 3.05) is 13.1 Å². The van der Waals surface area contributed by atoms with Gasteiger partial charge in [0.2, 0.25) is 0 Å². The van der Waals surface area contributed by atoms with E-state index in [0.29, 0.717) is 6.54 Å². The molecule has 2 N–H and O–H groups in total. The second kappa shape index (κ2) is 6.12. The SMILES string of the molecule is OC(CNCC1CCCC1)c1ccc(F)cc1. The molecule has 0 aromatic heterocycles. The summed E-state index contributed by atoms with van der Waals surface area (Å²) in [5, 5.41) is 13.2. The van der Waals surface area contributed by atoms with Crippen molar-refractivity contribution in [1.29, 1.82) is 0 Å². The highest BCUT2D eigenvalue weighted by Crippen LogP contribution is 2.23. The maximum atomic E-state index is 12.7. The number of nitrogens with one attached hydrogen (secondary N) is 1. The van der Waals surface area contributed by atoms with Crippen LogP contribution in [-0.2, 0) is 0 Å². The Balaban J connectivity index is 1.72. The quantitative estimate of drug-likeness (QED) is 0.825. The summed E-state index contributed by atoms with van der Waals surface area (Å²) in [4.78, 5) is 0. The molecule has 1 saturated carbocycles. The van der Waals surface area contributed by atoms with E-state index in [1.165, 1.54) is 37.8 Å². The van der Waals surface area contributed by atoms with Gasteiger partial charge in [-0.05, 0) is 43.0 Å². The molecule has 0 heterocycles. The van der Waals surface area contributed by atoms with Crippen LogP contribution in [0.25, 0.3) is 0 Å². The summed E-state index contributed by atoms with van der Waals surface area (Å²) >= 11 is 0. The summed E-state index contributed by atoms with van der Waals surface area (Å²) in [5.74, 6) is 0.510. The van der Waals surface area contributed by atoms with Gasteiger partial charge in [0.05, 0.1) is 6.10 Å². The third-order valence-corrected chi connectivity index (χ3v) is 3.50. The van der Waals surface area contributed by atoms with E-state index in [2.05, 4.69) is 5.32 Å². The highest BCUT2D eigenvalue weighted by Gasteiger charge is 2.15. The summed E-state index contributed by atoms with van der Waals surface area (Å²) in [6.07, 6.45) is 4.75. The Hall–Kier alpha value is -0.930. The molecule has 0 radical (unpaired) electrons. The molecule has 0 spiro atoms. The number of halogens is 1. The lowest BCUT2D eigenvalue weighted by molar-refractivity contribution is 0.172. The summed E-state index contributed by atoms with van der Waals surface area (Å²) < 4.78 is 12.7. The molecule has 2 rings (SSSR count). The number of hydrogen-bond acceptors (Lipinski definition) is 2. The van der Waals surface area contributed by atoms with E-state index in [0.717, 1.165) is 18.0 Å². The lowest BCUT2D eigenvalue weighted by atomic mass is 10.1. The van der Waals surface area contributed by atoms with Crippen LogP contribution < -0.4 is 5.32 Å². The van der Waals surface area contributed by atoms with Crippen LogP contribution in [0.4, 0.5) is 4.39 Å². The molecule has 2 nitrogen and oxygen atoms in total. The van der Waals surface area contributed by atoms with Crippen molar-refractivity contribution < 1.29 is 9.50 Å². The molecule has 1 aromatic carbocycles. The van der Waals surface area contributed by atoms with Crippen LogP contribution in [0.1, 0.15) is 37.4 Å². The van der Waals surface area contributed by atoms with Gasteiger partial charge in [-0.15, -0.1) is 0 Å². The molecule has 3 heteroatoms. The van der Waals surface area contributed by atoms with E-state index in [-0.39, 0.29) is 5.82 Å². The largest absolute Gasteiger partial charge is 0.387 e. The Labute approximate surface area is 102 Å². The monoisotopic (exact) mass is 237 g/mol. The van der Waals surface area contributed by atoms with Crippen LogP contribution in [0.5, 0.6) is 0 Å². The Morgan fingerprint density at radius 2 is 1.88 bits per heavy atom. The molecule has 0 saturated heterocycles. The van der Waals surface area contributed by atoms with Gasteiger partial charge >= 0.3 is 0 Å². The van der Waals surface area contributed by atoms with Crippen molar-refractivity contribution >= 4 is 0 Å². The summed E-state index contributed by atoms with van der Waals surface area (Å²) in [5.41, 5.74) is 0.769. The smallest absolute Gasteiger partial charge is 0.123 e. The zero-order chi connectivity index (χ0) is 12.1. The van der Waals surface area contributed by atoms with Crippen LogP contribution in [0.15, 0.2) is 24.3 Å². The van der Waals surface area contributed by atoms with Gasteiger partial charge in [-0.1, -0.05) is 25.0 Å². The average Bonchev–Trinajstić information content (AvgIpc) is 2.83. The van der Waals surface area contributed by atoms with Gasteiger partial charge in [-0.3, -0.25) is 0 Å². The molecule has 1 aliphatic rings. The standard InChI is InChI=1S/C14H20FNO/c15-13-7-5-12(6-8-13)14(17)10-16-9-11-3-1-2-4-11/h5-8,11,14,16-17H,1-4,9-10H2. The highest BCUT2D eigenvalue weighted by atomic mass is 19.1. The van der Waals surface area contributed by atoms with Crippen molar-refractivity contribution in [2.24, 2.45) is 5.92 Å². The number of rotatable bonds is 5. The summed E-state index contributed by atoms with van der Waals surface area (Å²) in [7, 11) is 0. The van der Waals surface area contributed by atoms with E-state index in [1.54, 1.807) is 12.1 Å². The second-order valence-electron chi connectivity index (χ2n) is 4.88. The third-order valence-electron chi connectivity index (χ3n) is 3.50. The number of aliphatic hydroxyl groups is 1. The Morgan fingerprint density at radius 1 is 1.24 bits per heavy atom. The van der Waals surface area contributed by atoms with Crippen LogP contribution in [0.3, 0.4) is 0 Å². The minimum atomic E-state index is -0.544. The van der Waals surface area contributed by atoms with E-state index in [1.807, 2.05) is 0 Å². The number of benzene rings is 1. The van der Waals surface area contributed by atoms with Crippen molar-refractivity contribution in [3.63, 3.8) is 0 Å². The first kappa shape index (κ1) is 12.5. The van der Waals surface area contributed by atoms with Crippen molar-refractivity contribution in [1.82, 2.24) is 5.32 Å². The van der Waals surface area contributed by atoms with Crippen LogP contribution in [-0.4, -0.2) is 18.2 Å². The Bertz CT molecular complexity index is 333. The van der Waals surface area contributed by atoms with Gasteiger partial charge in [0, 0.05) is 6.54 Å². The van der Waals surface area contributed by atoms with Crippen LogP contribution in [0, 0.1) is 11.7 Å². The van der Waals surface area contributed by atoms with Crippen molar-refractivity contribution in [3.8, 4) is 0 Å². The van der Waals surface area contributed by atoms with Crippen LogP contribution >= 0.6 is 0 Å². The third kappa shape index (κ3) is 3.79. The van der Waals surface area contributed by atoms with Gasteiger partial charge in [-0.2, -0.15) is 0 Å². The lowest BCUT2D eigenvalue weighted by Gasteiger charge is -2.14. The van der Waals surface area contributed by atoms with E-state index in [4.69, 9.17) is 0 Å². The number of aliphatic hydroxyl groups excluding tert-OH is 1. The van der Waals surface area contributed by atoms with Crippen LogP contribution in [0.2, 0.25) is 0 Å². The normalized spacial score (nSPS) is 18.5. The molecule has 0 bridgehead atoms. The molecule has 1 unspecified atom stereocenters. The topological polar surface area (TPSA) is 32.3 Å². The minimum absolute atomic E-state index is 0.264. The molecular formula is C14H20FNO. The first-order valence-corrected chi connectivity index (χ1v) is 6.40. The molecule has 94 valence electrons. The first-order valence-electron chi connectivity index (χ1n) is 6.40. The molecule has 17 heavy (non-hydrogen) atoms. The molecule has 1 atom stereocenters. The fourth-order valence-electron chi connectivity index (χ4n) is 2.44. The molecule has 0 aliphatic heterocycles. The number of hydrogen-bond donors (Lipinski definition) is 2.